The highest BCUT2D eigenvalue weighted by Gasteiger charge is 2.17. The number of halogens is 1. The molecule has 0 bridgehead atoms. The molecule has 0 fully saturated rings. The van der Waals surface area contributed by atoms with Gasteiger partial charge in [-0.15, -0.1) is 0 Å². The number of nitrogens with one attached hydrogen (secondary N) is 1. The van der Waals surface area contributed by atoms with Gasteiger partial charge in [-0.3, -0.25) is 4.79 Å². The number of hydrogen-bond acceptors (Lipinski definition) is 5. The van der Waals surface area contributed by atoms with Crippen molar-refractivity contribution >= 4 is 39.3 Å². The van der Waals surface area contributed by atoms with E-state index < -0.39 is 0 Å². The van der Waals surface area contributed by atoms with Gasteiger partial charge >= 0.3 is 0 Å². The molecule has 0 aliphatic rings. The molecule has 0 aliphatic heterocycles. The minimum atomic E-state index is -0.172. The number of amides is 1. The zero-order chi connectivity index (χ0) is 23.9. The van der Waals surface area contributed by atoms with E-state index in [0.29, 0.717) is 16.3 Å². The number of hydrogen-bond donors (Lipinski definition) is 1. The number of carbonyl (C=O) groups excluding carboxylic acids is 1. The minimum absolute atomic E-state index is 0.123. The fraction of sp³-hybridized carbons (Fsp3) is 0.0741. The topological polar surface area (TPSA) is 75.0 Å². The van der Waals surface area contributed by atoms with Gasteiger partial charge in [-0.1, -0.05) is 70.2 Å². The first-order chi connectivity index (χ1) is 16.6. The van der Waals surface area contributed by atoms with Crippen molar-refractivity contribution in [2.45, 2.75) is 5.03 Å². The maximum Gasteiger partial charge on any atom is 0.234 e. The van der Waals surface area contributed by atoms with Crippen LogP contribution in [0.2, 0.25) is 0 Å². The Labute approximate surface area is 210 Å². The number of carbonyl (C=O) groups is 1. The average molecular weight is 530 g/mol. The van der Waals surface area contributed by atoms with Crippen LogP contribution in [-0.4, -0.2) is 23.8 Å². The van der Waals surface area contributed by atoms with E-state index in [9.17, 15) is 10.1 Å². The first-order valence-electron chi connectivity index (χ1n) is 10.4. The largest absolute Gasteiger partial charge is 0.497 e. The predicted octanol–water partition coefficient (Wildman–Crippen LogP) is 6.79. The van der Waals surface area contributed by atoms with E-state index >= 15 is 0 Å². The highest BCUT2D eigenvalue weighted by Crippen LogP contribution is 2.35. The van der Waals surface area contributed by atoms with Crippen LogP contribution in [0.25, 0.3) is 22.4 Å². The van der Waals surface area contributed by atoms with Gasteiger partial charge in [0.15, 0.2) is 0 Å². The third-order valence-electron chi connectivity index (χ3n) is 5.04. The second-order valence-corrected chi connectivity index (χ2v) is 9.17. The first-order valence-corrected chi connectivity index (χ1v) is 12.2. The number of nitriles is 1. The Morgan fingerprint density at radius 2 is 1.74 bits per heavy atom. The summed E-state index contributed by atoms with van der Waals surface area (Å²) in [5.41, 5.74) is 4.45. The molecule has 168 valence electrons. The van der Waals surface area contributed by atoms with Crippen LogP contribution in [0.4, 0.5) is 5.69 Å². The van der Waals surface area contributed by atoms with Gasteiger partial charge in [-0.25, -0.2) is 4.98 Å². The molecule has 0 unspecified atom stereocenters. The van der Waals surface area contributed by atoms with Gasteiger partial charge in [0.25, 0.3) is 0 Å². The summed E-state index contributed by atoms with van der Waals surface area (Å²) < 4.78 is 6.21. The van der Waals surface area contributed by atoms with Crippen molar-refractivity contribution in [1.82, 2.24) is 4.98 Å². The highest BCUT2D eigenvalue weighted by molar-refractivity contribution is 9.10. The smallest absolute Gasteiger partial charge is 0.234 e. The number of aromatic nitrogens is 1. The van der Waals surface area contributed by atoms with Crippen molar-refractivity contribution < 1.29 is 9.53 Å². The van der Waals surface area contributed by atoms with Crippen LogP contribution < -0.4 is 10.1 Å². The van der Waals surface area contributed by atoms with E-state index in [2.05, 4.69) is 27.3 Å². The second-order valence-electron chi connectivity index (χ2n) is 7.29. The van der Waals surface area contributed by atoms with E-state index in [-0.39, 0.29) is 11.7 Å². The molecule has 0 aliphatic carbocycles. The normalized spacial score (nSPS) is 10.4. The Kier molecular flexibility index (Phi) is 7.63. The van der Waals surface area contributed by atoms with Gasteiger partial charge < -0.3 is 10.1 Å². The molecule has 0 saturated carbocycles. The van der Waals surface area contributed by atoms with E-state index in [4.69, 9.17) is 9.72 Å². The number of rotatable bonds is 7. The Hall–Kier alpha value is -3.60. The maximum absolute atomic E-state index is 12.6. The molecule has 0 radical (unpaired) electrons. The summed E-state index contributed by atoms with van der Waals surface area (Å²) in [7, 11) is 1.61. The summed E-state index contributed by atoms with van der Waals surface area (Å²) in [6, 6.07) is 28.9. The van der Waals surface area contributed by atoms with Crippen LogP contribution in [0.1, 0.15) is 5.56 Å². The summed E-state index contributed by atoms with van der Waals surface area (Å²) in [5.74, 6) is 0.686. The van der Waals surface area contributed by atoms with Crippen LogP contribution >= 0.6 is 27.7 Å². The van der Waals surface area contributed by atoms with Crippen molar-refractivity contribution in [3.63, 3.8) is 0 Å². The fourth-order valence-electron chi connectivity index (χ4n) is 3.35. The number of methoxy groups -OCH3 is 1. The van der Waals surface area contributed by atoms with Gasteiger partial charge in [0, 0.05) is 21.3 Å². The van der Waals surface area contributed by atoms with E-state index in [1.807, 2.05) is 84.9 Å². The van der Waals surface area contributed by atoms with E-state index in [0.717, 1.165) is 32.6 Å². The van der Waals surface area contributed by atoms with Crippen LogP contribution in [0, 0.1) is 11.3 Å². The van der Waals surface area contributed by atoms with Crippen molar-refractivity contribution in [1.29, 1.82) is 5.26 Å². The van der Waals surface area contributed by atoms with Crippen LogP contribution in [0.15, 0.2) is 94.4 Å². The highest BCUT2D eigenvalue weighted by atomic mass is 79.9. The Bertz CT molecular complexity index is 1340. The van der Waals surface area contributed by atoms with Gasteiger partial charge in [0.05, 0.1) is 24.1 Å². The van der Waals surface area contributed by atoms with Gasteiger partial charge in [-0.2, -0.15) is 5.26 Å². The second kappa shape index (κ2) is 11.0. The molecule has 1 N–H and O–H groups in total. The molecular formula is C27H20BrN3O2S. The SMILES string of the molecule is COc1ccc(-c2cc(-c3ccccc3)nc(SCC(=O)Nc3ccc(Br)cc3)c2C#N)cc1. The number of anilines is 1. The molecular weight excluding hydrogens is 510 g/mol. The number of ether oxygens (including phenoxy) is 1. The molecule has 1 aromatic heterocycles. The Balaban J connectivity index is 1.67. The number of pyridine rings is 1. The molecule has 4 rings (SSSR count). The molecule has 0 spiro atoms. The lowest BCUT2D eigenvalue weighted by atomic mass is 9.99. The van der Waals surface area contributed by atoms with Gasteiger partial charge in [0.1, 0.15) is 16.8 Å². The molecule has 4 aromatic rings. The molecule has 0 atom stereocenters. The summed E-state index contributed by atoms with van der Waals surface area (Å²) in [6.45, 7) is 0. The van der Waals surface area contributed by atoms with Crippen molar-refractivity contribution in [3.05, 3.63) is 95.0 Å². The van der Waals surface area contributed by atoms with Crippen LogP contribution in [0.3, 0.4) is 0 Å². The Morgan fingerprint density at radius 3 is 2.38 bits per heavy atom. The fourth-order valence-corrected chi connectivity index (χ4v) is 4.42. The molecule has 34 heavy (non-hydrogen) atoms. The average Bonchev–Trinajstić information content (AvgIpc) is 2.88. The third kappa shape index (κ3) is 5.66. The first kappa shape index (κ1) is 23.6. The van der Waals surface area contributed by atoms with Gasteiger partial charge in [0.2, 0.25) is 5.91 Å². The Morgan fingerprint density at radius 1 is 1.03 bits per heavy atom. The predicted molar refractivity (Wildman–Crippen MR) is 140 cm³/mol. The lowest BCUT2D eigenvalue weighted by Gasteiger charge is -2.13. The molecule has 5 nitrogen and oxygen atoms in total. The van der Waals surface area contributed by atoms with Crippen molar-refractivity contribution in [3.8, 4) is 34.2 Å². The number of thioether (sulfide) groups is 1. The number of nitrogens with zero attached hydrogens (tertiary/aromatic N) is 2. The minimum Gasteiger partial charge on any atom is -0.497 e. The molecule has 1 amide bonds. The lowest BCUT2D eigenvalue weighted by Crippen LogP contribution is -2.14. The van der Waals surface area contributed by atoms with Crippen LogP contribution in [0.5, 0.6) is 5.75 Å². The zero-order valence-electron chi connectivity index (χ0n) is 18.3. The van der Waals surface area contributed by atoms with Crippen LogP contribution in [-0.2, 0) is 4.79 Å². The standard InChI is InChI=1S/C27H20BrN3O2S/c1-33-22-13-7-18(8-14-22)23-15-25(19-5-3-2-4-6-19)31-27(24(23)16-29)34-17-26(32)30-21-11-9-20(28)10-12-21/h2-15H,17H2,1H3,(H,30,32). The molecule has 1 heterocycles. The van der Waals surface area contributed by atoms with Gasteiger partial charge in [-0.05, 0) is 48.0 Å². The summed E-state index contributed by atoms with van der Waals surface area (Å²) in [4.78, 5) is 17.3. The summed E-state index contributed by atoms with van der Waals surface area (Å²) in [5, 5.41) is 13.4. The molecule has 7 heteroatoms. The van der Waals surface area contributed by atoms with Crippen molar-refractivity contribution in [2.75, 3.05) is 18.2 Å². The molecule has 3 aromatic carbocycles. The quantitative estimate of drug-likeness (QED) is 0.267. The third-order valence-corrected chi connectivity index (χ3v) is 6.54. The number of benzene rings is 3. The lowest BCUT2D eigenvalue weighted by molar-refractivity contribution is -0.113. The van der Waals surface area contributed by atoms with E-state index in [1.54, 1.807) is 7.11 Å². The van der Waals surface area contributed by atoms with Crippen molar-refractivity contribution in [2.24, 2.45) is 0 Å². The zero-order valence-corrected chi connectivity index (χ0v) is 20.7. The molecule has 0 saturated heterocycles. The maximum atomic E-state index is 12.6. The monoisotopic (exact) mass is 529 g/mol. The van der Waals surface area contributed by atoms with E-state index in [1.165, 1.54) is 11.8 Å². The summed E-state index contributed by atoms with van der Waals surface area (Å²) >= 11 is 4.63. The summed E-state index contributed by atoms with van der Waals surface area (Å²) in [6.07, 6.45) is 0.